The standard InChI is InChI=1S/C17H24N2O/c1-3-19-17(13-18)11-4-5-15(17)10-12-20-16-8-6-14(2)7-9-16/h6-9,15,19H,3-5,10-12H2,1-2H3. The van der Waals surface area contributed by atoms with E-state index in [1.54, 1.807) is 0 Å². The Morgan fingerprint density at radius 3 is 2.80 bits per heavy atom. The van der Waals surface area contributed by atoms with E-state index in [1.165, 1.54) is 5.56 Å². The third-order valence-corrected chi connectivity index (χ3v) is 4.27. The Kier molecular flexibility index (Phi) is 5.03. The van der Waals surface area contributed by atoms with E-state index in [4.69, 9.17) is 4.74 Å². The SMILES string of the molecule is CCNC1(C#N)CCCC1CCOc1ccc(C)cc1. The van der Waals surface area contributed by atoms with E-state index in [1.807, 2.05) is 12.1 Å². The molecule has 1 aromatic rings. The molecule has 20 heavy (non-hydrogen) atoms. The van der Waals surface area contributed by atoms with Gasteiger partial charge in [0.1, 0.15) is 11.3 Å². The van der Waals surface area contributed by atoms with Crippen LogP contribution in [0.2, 0.25) is 0 Å². The van der Waals surface area contributed by atoms with Gasteiger partial charge >= 0.3 is 0 Å². The summed E-state index contributed by atoms with van der Waals surface area (Å²) in [6.45, 7) is 5.67. The average molecular weight is 272 g/mol. The van der Waals surface area contributed by atoms with Crippen LogP contribution in [0.15, 0.2) is 24.3 Å². The fraction of sp³-hybridized carbons (Fsp3) is 0.588. The number of nitrogens with zero attached hydrogens (tertiary/aromatic N) is 1. The molecule has 1 aromatic carbocycles. The lowest BCUT2D eigenvalue weighted by molar-refractivity contribution is 0.234. The van der Waals surface area contributed by atoms with Crippen molar-refractivity contribution in [2.45, 2.75) is 45.1 Å². The summed E-state index contributed by atoms with van der Waals surface area (Å²) in [7, 11) is 0. The number of benzene rings is 1. The first kappa shape index (κ1) is 14.9. The minimum atomic E-state index is -0.328. The highest BCUT2D eigenvalue weighted by Gasteiger charge is 2.42. The van der Waals surface area contributed by atoms with Crippen LogP contribution < -0.4 is 10.1 Å². The minimum absolute atomic E-state index is 0.328. The van der Waals surface area contributed by atoms with Gasteiger partial charge in [0, 0.05) is 0 Å². The summed E-state index contributed by atoms with van der Waals surface area (Å²) in [4.78, 5) is 0. The molecule has 1 fully saturated rings. The second-order valence-corrected chi connectivity index (χ2v) is 5.65. The number of nitriles is 1. The molecule has 0 radical (unpaired) electrons. The number of rotatable bonds is 6. The summed E-state index contributed by atoms with van der Waals surface area (Å²) >= 11 is 0. The van der Waals surface area contributed by atoms with Crippen molar-refractivity contribution >= 4 is 0 Å². The lowest BCUT2D eigenvalue weighted by Gasteiger charge is -2.29. The van der Waals surface area contributed by atoms with E-state index in [0.29, 0.717) is 12.5 Å². The fourth-order valence-electron chi connectivity index (χ4n) is 3.16. The Labute approximate surface area is 121 Å². The number of nitrogens with one attached hydrogen (secondary N) is 1. The molecule has 0 amide bonds. The maximum Gasteiger partial charge on any atom is 0.119 e. The molecule has 108 valence electrons. The van der Waals surface area contributed by atoms with Crippen LogP contribution in [0.25, 0.3) is 0 Å². The van der Waals surface area contributed by atoms with Crippen molar-refractivity contribution in [3.63, 3.8) is 0 Å². The number of hydrogen-bond acceptors (Lipinski definition) is 3. The van der Waals surface area contributed by atoms with Crippen LogP contribution in [0.3, 0.4) is 0 Å². The van der Waals surface area contributed by atoms with E-state index < -0.39 is 0 Å². The third kappa shape index (κ3) is 3.32. The van der Waals surface area contributed by atoms with Crippen molar-refractivity contribution in [1.29, 1.82) is 5.26 Å². The van der Waals surface area contributed by atoms with Gasteiger partial charge in [-0.2, -0.15) is 5.26 Å². The van der Waals surface area contributed by atoms with E-state index in [2.05, 4.69) is 37.4 Å². The van der Waals surface area contributed by atoms with Crippen LogP contribution in [0.1, 0.15) is 38.2 Å². The summed E-state index contributed by atoms with van der Waals surface area (Å²) in [5, 5.41) is 12.9. The smallest absolute Gasteiger partial charge is 0.119 e. The summed E-state index contributed by atoms with van der Waals surface area (Å²) in [5.74, 6) is 1.32. The molecule has 1 aliphatic rings. The van der Waals surface area contributed by atoms with Gasteiger partial charge in [0.15, 0.2) is 0 Å². The van der Waals surface area contributed by atoms with Gasteiger partial charge in [-0.05, 0) is 50.8 Å². The Hall–Kier alpha value is -1.53. The predicted molar refractivity (Wildman–Crippen MR) is 80.7 cm³/mol. The zero-order chi connectivity index (χ0) is 14.4. The molecule has 2 atom stereocenters. The van der Waals surface area contributed by atoms with Gasteiger partial charge in [-0.15, -0.1) is 0 Å². The molecule has 3 heteroatoms. The molecule has 2 rings (SSSR count). The van der Waals surface area contributed by atoms with Crippen molar-refractivity contribution in [2.24, 2.45) is 5.92 Å². The van der Waals surface area contributed by atoms with Gasteiger partial charge in [0.25, 0.3) is 0 Å². The average Bonchev–Trinajstić information content (AvgIpc) is 2.85. The summed E-state index contributed by atoms with van der Waals surface area (Å²) < 4.78 is 5.80. The second kappa shape index (κ2) is 6.76. The zero-order valence-corrected chi connectivity index (χ0v) is 12.5. The molecule has 1 N–H and O–H groups in total. The highest BCUT2D eigenvalue weighted by molar-refractivity contribution is 5.26. The van der Waals surface area contributed by atoms with Gasteiger partial charge < -0.3 is 4.74 Å². The first-order valence-corrected chi connectivity index (χ1v) is 7.56. The molecule has 2 unspecified atom stereocenters. The molecule has 1 aliphatic carbocycles. The van der Waals surface area contributed by atoms with E-state index in [-0.39, 0.29) is 5.54 Å². The first-order valence-electron chi connectivity index (χ1n) is 7.56. The molecule has 0 saturated heterocycles. The first-order chi connectivity index (χ1) is 9.70. The molecule has 1 saturated carbocycles. The largest absolute Gasteiger partial charge is 0.494 e. The third-order valence-electron chi connectivity index (χ3n) is 4.27. The fourth-order valence-corrected chi connectivity index (χ4v) is 3.16. The van der Waals surface area contributed by atoms with Crippen molar-refractivity contribution in [3.05, 3.63) is 29.8 Å². The van der Waals surface area contributed by atoms with Crippen LogP contribution in [-0.4, -0.2) is 18.7 Å². The van der Waals surface area contributed by atoms with Crippen LogP contribution in [0.4, 0.5) is 0 Å². The Balaban J connectivity index is 1.87. The summed E-state index contributed by atoms with van der Waals surface area (Å²) in [6.07, 6.45) is 4.16. The van der Waals surface area contributed by atoms with Gasteiger partial charge in [0.2, 0.25) is 0 Å². The highest BCUT2D eigenvalue weighted by atomic mass is 16.5. The van der Waals surface area contributed by atoms with Gasteiger partial charge in [-0.1, -0.05) is 31.0 Å². The van der Waals surface area contributed by atoms with E-state index in [0.717, 1.165) is 38.0 Å². The molecule has 3 nitrogen and oxygen atoms in total. The Morgan fingerprint density at radius 1 is 1.40 bits per heavy atom. The molecule has 0 bridgehead atoms. The molecular formula is C17H24N2O. The molecule has 0 spiro atoms. The zero-order valence-electron chi connectivity index (χ0n) is 12.5. The molecule has 0 aromatic heterocycles. The quantitative estimate of drug-likeness (QED) is 0.863. The number of aryl methyl sites for hydroxylation is 1. The molecular weight excluding hydrogens is 248 g/mol. The lowest BCUT2D eigenvalue weighted by Crippen LogP contribution is -2.47. The maximum absolute atomic E-state index is 9.51. The Morgan fingerprint density at radius 2 is 2.15 bits per heavy atom. The summed E-state index contributed by atoms with van der Waals surface area (Å²) in [5.41, 5.74) is 0.912. The monoisotopic (exact) mass is 272 g/mol. The maximum atomic E-state index is 9.51. The normalized spacial score (nSPS) is 25.4. The molecule has 0 heterocycles. The Bertz CT molecular complexity index is 463. The topological polar surface area (TPSA) is 45.0 Å². The predicted octanol–water partition coefficient (Wildman–Crippen LogP) is 3.44. The van der Waals surface area contributed by atoms with E-state index in [9.17, 15) is 5.26 Å². The summed E-state index contributed by atoms with van der Waals surface area (Å²) in [6, 6.07) is 10.6. The van der Waals surface area contributed by atoms with Gasteiger partial charge in [0.05, 0.1) is 12.7 Å². The second-order valence-electron chi connectivity index (χ2n) is 5.65. The van der Waals surface area contributed by atoms with Crippen molar-refractivity contribution in [3.8, 4) is 11.8 Å². The minimum Gasteiger partial charge on any atom is -0.494 e. The van der Waals surface area contributed by atoms with E-state index >= 15 is 0 Å². The van der Waals surface area contributed by atoms with Crippen molar-refractivity contribution in [2.75, 3.05) is 13.2 Å². The lowest BCUT2D eigenvalue weighted by atomic mass is 9.86. The van der Waals surface area contributed by atoms with Crippen LogP contribution in [0, 0.1) is 24.2 Å². The van der Waals surface area contributed by atoms with Crippen molar-refractivity contribution in [1.82, 2.24) is 5.32 Å². The number of ether oxygens (including phenoxy) is 1. The van der Waals surface area contributed by atoms with Crippen molar-refractivity contribution < 1.29 is 4.74 Å². The molecule has 0 aliphatic heterocycles. The van der Waals surface area contributed by atoms with Crippen LogP contribution >= 0.6 is 0 Å². The highest BCUT2D eigenvalue weighted by Crippen LogP contribution is 2.37. The van der Waals surface area contributed by atoms with Crippen LogP contribution in [-0.2, 0) is 0 Å². The van der Waals surface area contributed by atoms with Crippen LogP contribution in [0.5, 0.6) is 5.75 Å². The van der Waals surface area contributed by atoms with Gasteiger partial charge in [-0.3, -0.25) is 5.32 Å². The van der Waals surface area contributed by atoms with Gasteiger partial charge in [-0.25, -0.2) is 0 Å². The number of hydrogen-bond donors (Lipinski definition) is 1.